The second-order valence-electron chi connectivity index (χ2n) is 3.89. The molecule has 0 spiro atoms. The Morgan fingerprint density at radius 2 is 2.22 bits per heavy atom. The van der Waals surface area contributed by atoms with Crippen molar-refractivity contribution in [3.63, 3.8) is 0 Å². The average Bonchev–Trinajstić information content (AvgIpc) is 2.85. The zero-order valence-electron chi connectivity index (χ0n) is 10.6. The monoisotopic (exact) mass is 269 g/mol. The first-order valence-corrected chi connectivity index (χ1v) is 7.10. The lowest BCUT2D eigenvalue weighted by molar-refractivity contribution is -0.143. The molecule has 1 aromatic heterocycles. The van der Waals surface area contributed by atoms with Gasteiger partial charge in [-0.05, 0) is 42.2 Å². The number of hydrogen-bond donors (Lipinski definition) is 1. The Kier molecular flexibility index (Phi) is 7.10. The Morgan fingerprint density at radius 1 is 1.39 bits per heavy atom. The minimum Gasteiger partial charge on any atom is -0.466 e. The predicted octanol–water partition coefficient (Wildman–Crippen LogP) is 2.14. The highest BCUT2D eigenvalue weighted by molar-refractivity contribution is 7.07. The lowest BCUT2D eigenvalue weighted by atomic mass is 10.2. The summed E-state index contributed by atoms with van der Waals surface area (Å²) >= 11 is 1.64. The Morgan fingerprint density at radius 3 is 2.89 bits per heavy atom. The maximum absolute atomic E-state index is 11.5. The van der Waals surface area contributed by atoms with Crippen LogP contribution in [0.25, 0.3) is 0 Å². The molecule has 0 radical (unpaired) electrons. The molecule has 100 valence electrons. The van der Waals surface area contributed by atoms with Gasteiger partial charge in [-0.2, -0.15) is 11.3 Å². The first kappa shape index (κ1) is 14.7. The first-order chi connectivity index (χ1) is 8.72. The molecule has 0 unspecified atom stereocenters. The van der Waals surface area contributed by atoms with E-state index >= 15 is 0 Å². The maximum atomic E-state index is 11.5. The van der Waals surface area contributed by atoms with Gasteiger partial charge in [0.15, 0.2) is 0 Å². The molecular formula is C13H19NO3S. The van der Waals surface area contributed by atoms with Crippen molar-refractivity contribution in [3.8, 4) is 0 Å². The molecule has 0 aliphatic carbocycles. The SMILES string of the molecule is CCOC(=O)CCCNC(=O)CCc1ccsc1. The number of thiophene rings is 1. The Balaban J connectivity index is 2.01. The van der Waals surface area contributed by atoms with Gasteiger partial charge in [-0.15, -0.1) is 0 Å². The van der Waals surface area contributed by atoms with Crippen molar-refractivity contribution < 1.29 is 14.3 Å². The number of esters is 1. The Labute approximate surface area is 111 Å². The number of ether oxygens (including phenoxy) is 1. The highest BCUT2D eigenvalue weighted by Gasteiger charge is 2.04. The van der Waals surface area contributed by atoms with Crippen LogP contribution in [0.1, 0.15) is 31.7 Å². The van der Waals surface area contributed by atoms with Crippen molar-refractivity contribution in [1.82, 2.24) is 5.32 Å². The number of rotatable bonds is 8. The second-order valence-corrected chi connectivity index (χ2v) is 4.67. The summed E-state index contributed by atoms with van der Waals surface area (Å²) in [4.78, 5) is 22.5. The third kappa shape index (κ3) is 6.39. The molecule has 1 amide bonds. The van der Waals surface area contributed by atoms with Crippen molar-refractivity contribution >= 4 is 23.2 Å². The van der Waals surface area contributed by atoms with E-state index in [1.165, 1.54) is 5.56 Å². The maximum Gasteiger partial charge on any atom is 0.305 e. The molecule has 18 heavy (non-hydrogen) atoms. The number of aryl methyl sites for hydroxylation is 1. The molecule has 1 aromatic rings. The van der Waals surface area contributed by atoms with Crippen LogP contribution in [-0.2, 0) is 20.7 Å². The third-order valence-electron chi connectivity index (χ3n) is 2.41. The van der Waals surface area contributed by atoms with E-state index < -0.39 is 0 Å². The van der Waals surface area contributed by atoms with E-state index in [1.54, 1.807) is 18.3 Å². The topological polar surface area (TPSA) is 55.4 Å². The smallest absolute Gasteiger partial charge is 0.305 e. The molecule has 5 heteroatoms. The fourth-order valence-corrected chi connectivity index (χ4v) is 2.18. The molecule has 1 rings (SSSR count). The van der Waals surface area contributed by atoms with Gasteiger partial charge in [0.05, 0.1) is 6.61 Å². The van der Waals surface area contributed by atoms with Crippen molar-refractivity contribution in [2.24, 2.45) is 0 Å². The summed E-state index contributed by atoms with van der Waals surface area (Å²) in [6.07, 6.45) is 2.25. The predicted molar refractivity (Wildman–Crippen MR) is 71.5 cm³/mol. The van der Waals surface area contributed by atoms with E-state index in [2.05, 4.69) is 5.32 Å². The molecule has 1 heterocycles. The van der Waals surface area contributed by atoms with E-state index in [0.29, 0.717) is 32.4 Å². The molecule has 0 aromatic carbocycles. The minimum atomic E-state index is -0.204. The average molecular weight is 269 g/mol. The minimum absolute atomic E-state index is 0.0325. The summed E-state index contributed by atoms with van der Waals surface area (Å²) in [7, 11) is 0. The summed E-state index contributed by atoms with van der Waals surface area (Å²) in [5.74, 6) is -0.171. The van der Waals surface area contributed by atoms with Gasteiger partial charge in [0.2, 0.25) is 5.91 Å². The third-order valence-corrected chi connectivity index (χ3v) is 3.14. The normalized spacial score (nSPS) is 10.1. The lowest BCUT2D eigenvalue weighted by Gasteiger charge is -2.04. The lowest BCUT2D eigenvalue weighted by Crippen LogP contribution is -2.25. The second kappa shape index (κ2) is 8.69. The van der Waals surface area contributed by atoms with Crippen LogP contribution in [0.4, 0.5) is 0 Å². The van der Waals surface area contributed by atoms with Crippen LogP contribution < -0.4 is 5.32 Å². The van der Waals surface area contributed by atoms with Crippen molar-refractivity contribution in [1.29, 1.82) is 0 Å². The molecule has 0 aliphatic heterocycles. The first-order valence-electron chi connectivity index (χ1n) is 6.15. The van der Waals surface area contributed by atoms with Gasteiger partial charge in [-0.25, -0.2) is 0 Å². The van der Waals surface area contributed by atoms with Crippen LogP contribution in [0, 0.1) is 0 Å². The van der Waals surface area contributed by atoms with Gasteiger partial charge in [0.1, 0.15) is 0 Å². The summed E-state index contributed by atoms with van der Waals surface area (Å²) in [6.45, 7) is 2.72. The van der Waals surface area contributed by atoms with Gasteiger partial charge in [0, 0.05) is 19.4 Å². The number of carbonyl (C=O) groups is 2. The van der Waals surface area contributed by atoms with Crippen molar-refractivity contribution in [3.05, 3.63) is 22.4 Å². The quantitative estimate of drug-likeness (QED) is 0.581. The van der Waals surface area contributed by atoms with Crippen molar-refractivity contribution in [2.75, 3.05) is 13.2 Å². The fourth-order valence-electron chi connectivity index (χ4n) is 1.47. The molecule has 1 N–H and O–H groups in total. The molecule has 0 atom stereocenters. The van der Waals surface area contributed by atoms with Crippen LogP contribution in [0.3, 0.4) is 0 Å². The van der Waals surface area contributed by atoms with Crippen LogP contribution >= 0.6 is 11.3 Å². The molecule has 0 saturated heterocycles. The number of nitrogens with one attached hydrogen (secondary N) is 1. The zero-order chi connectivity index (χ0) is 13.2. The van der Waals surface area contributed by atoms with E-state index in [1.807, 2.05) is 16.8 Å². The van der Waals surface area contributed by atoms with Gasteiger partial charge in [-0.1, -0.05) is 0 Å². The molecule has 0 fully saturated rings. The van der Waals surface area contributed by atoms with Crippen LogP contribution in [0.5, 0.6) is 0 Å². The molecule has 4 nitrogen and oxygen atoms in total. The van der Waals surface area contributed by atoms with E-state index in [0.717, 1.165) is 6.42 Å². The highest BCUT2D eigenvalue weighted by atomic mass is 32.1. The van der Waals surface area contributed by atoms with E-state index in [9.17, 15) is 9.59 Å². The molecule has 0 bridgehead atoms. The summed E-state index contributed by atoms with van der Waals surface area (Å²) in [5.41, 5.74) is 1.20. The number of hydrogen-bond acceptors (Lipinski definition) is 4. The standard InChI is InChI=1S/C13H19NO3S/c1-2-17-13(16)4-3-8-14-12(15)6-5-11-7-9-18-10-11/h7,9-10H,2-6,8H2,1H3,(H,14,15). The van der Waals surface area contributed by atoms with Crippen LogP contribution in [-0.4, -0.2) is 25.0 Å². The van der Waals surface area contributed by atoms with Gasteiger partial charge in [-0.3, -0.25) is 9.59 Å². The van der Waals surface area contributed by atoms with Crippen LogP contribution in [0.15, 0.2) is 16.8 Å². The number of amides is 1. The fraction of sp³-hybridized carbons (Fsp3) is 0.538. The summed E-state index contributed by atoms with van der Waals surface area (Å²) < 4.78 is 4.79. The molecule has 0 aliphatic rings. The highest BCUT2D eigenvalue weighted by Crippen LogP contribution is 2.08. The Bertz CT molecular complexity index is 362. The molecule has 0 saturated carbocycles. The summed E-state index contributed by atoms with van der Waals surface area (Å²) in [5, 5.41) is 6.86. The van der Waals surface area contributed by atoms with Crippen LogP contribution in [0.2, 0.25) is 0 Å². The van der Waals surface area contributed by atoms with E-state index in [4.69, 9.17) is 4.74 Å². The van der Waals surface area contributed by atoms with Gasteiger partial charge >= 0.3 is 5.97 Å². The number of carbonyl (C=O) groups excluding carboxylic acids is 2. The van der Waals surface area contributed by atoms with Crippen molar-refractivity contribution in [2.45, 2.75) is 32.6 Å². The molecular weight excluding hydrogens is 250 g/mol. The zero-order valence-corrected chi connectivity index (χ0v) is 11.4. The Hall–Kier alpha value is -1.36. The van der Waals surface area contributed by atoms with E-state index in [-0.39, 0.29) is 11.9 Å². The largest absolute Gasteiger partial charge is 0.466 e. The van der Waals surface area contributed by atoms with Gasteiger partial charge < -0.3 is 10.1 Å². The van der Waals surface area contributed by atoms with Gasteiger partial charge in [0.25, 0.3) is 0 Å². The summed E-state index contributed by atoms with van der Waals surface area (Å²) in [6, 6.07) is 2.03.